The summed E-state index contributed by atoms with van der Waals surface area (Å²) < 4.78 is 0. The average molecular weight is 941 g/mol. The second-order valence-electron chi connectivity index (χ2n) is 24.0. The molecule has 2 aromatic heterocycles. The zero-order chi connectivity index (χ0) is 50.6. The molecule has 8 aromatic rings. The Kier molecular flexibility index (Phi) is 10.9. The van der Waals surface area contributed by atoms with Gasteiger partial charge >= 0.3 is 0 Å². The Balaban J connectivity index is 1.35. The second kappa shape index (κ2) is 16.7. The van der Waals surface area contributed by atoms with E-state index in [2.05, 4.69) is 245 Å². The number of benzene rings is 6. The van der Waals surface area contributed by atoms with Crippen LogP contribution in [-0.2, 0) is 21.7 Å². The van der Waals surface area contributed by atoms with Crippen LogP contribution < -0.4 is 0 Å². The molecule has 0 saturated carbocycles. The van der Waals surface area contributed by atoms with E-state index in [1.54, 1.807) is 0 Å². The number of aromatic nitrogens is 4. The van der Waals surface area contributed by atoms with Crippen LogP contribution in [-0.4, -0.2) is 25.7 Å². The van der Waals surface area contributed by atoms with Gasteiger partial charge in [-0.2, -0.15) is 0 Å². The minimum absolute atomic E-state index is 0.0134. The first-order chi connectivity index (χ1) is 34.1. The largest absolute Gasteiger partial charge is 0.354 e. The van der Waals surface area contributed by atoms with Crippen molar-refractivity contribution in [2.45, 2.75) is 105 Å². The number of ketones is 1. The number of carbonyl (C=O) groups excluding carboxylic acids is 1. The first-order valence-electron chi connectivity index (χ1n) is 25.4. The third-order valence-electron chi connectivity index (χ3n) is 14.8. The minimum atomic E-state index is -0.147. The van der Waals surface area contributed by atoms with E-state index >= 15 is 4.79 Å². The number of nitrogens with one attached hydrogen (secondary N) is 2. The molecule has 5 heterocycles. The first kappa shape index (κ1) is 46.7. The van der Waals surface area contributed by atoms with Gasteiger partial charge in [0, 0.05) is 38.7 Å². The van der Waals surface area contributed by atoms with E-state index in [1.807, 2.05) is 6.07 Å². The lowest BCUT2D eigenvalue weighted by atomic mass is 9.82. The van der Waals surface area contributed by atoms with Crippen molar-refractivity contribution >= 4 is 62.8 Å². The quantitative estimate of drug-likeness (QED) is 0.185. The Labute approximate surface area is 424 Å². The van der Waals surface area contributed by atoms with Crippen LogP contribution in [0.2, 0.25) is 0 Å². The van der Waals surface area contributed by atoms with Gasteiger partial charge in [0.25, 0.3) is 0 Å². The van der Waals surface area contributed by atoms with Crippen molar-refractivity contribution in [3.63, 3.8) is 0 Å². The molecule has 0 amide bonds. The highest BCUT2D eigenvalue weighted by atomic mass is 16.1. The second-order valence-corrected chi connectivity index (χ2v) is 24.0. The molecule has 0 atom stereocenters. The summed E-state index contributed by atoms with van der Waals surface area (Å²) in [5.41, 5.74) is 19.1. The Morgan fingerprint density at radius 1 is 0.361 bits per heavy atom. The molecule has 3 aliphatic rings. The van der Waals surface area contributed by atoms with E-state index in [0.717, 1.165) is 94.3 Å². The minimum Gasteiger partial charge on any atom is -0.354 e. The van der Waals surface area contributed by atoms with Gasteiger partial charge in [0.05, 0.1) is 39.5 Å². The highest BCUT2D eigenvalue weighted by Gasteiger charge is 2.33. The zero-order valence-corrected chi connectivity index (χ0v) is 43.8. The van der Waals surface area contributed by atoms with Gasteiger partial charge in [-0.1, -0.05) is 198 Å². The standard InChI is InChI=1S/C67H64N4O/c1-64(2,3)43-24-18-40(19-25-43)56-49-32-33-50(68-49)57(41-20-26-44(27-21-41)65(4,5)6)52-35-37-54(70-52)59-47-31-30-46(67(10,11)12)38-48(47)55(39-16-14-13-15-17-39)60-61(59)71-62(63(60)72)58(53-36-34-51(56)69-53)42-22-28-45(29-23-42)66(7,8)9/h13-38,68,71H,1-12H3. The Bertz CT molecular complexity index is 3790. The van der Waals surface area contributed by atoms with Gasteiger partial charge in [0.2, 0.25) is 5.78 Å². The van der Waals surface area contributed by atoms with Crippen molar-refractivity contribution in [1.29, 1.82) is 0 Å². The van der Waals surface area contributed by atoms with Crippen LogP contribution in [0, 0.1) is 0 Å². The molecule has 5 nitrogen and oxygen atoms in total. The predicted molar refractivity (Wildman–Crippen MR) is 305 cm³/mol. The summed E-state index contributed by atoms with van der Waals surface area (Å²) in [4.78, 5) is 35.2. The van der Waals surface area contributed by atoms with E-state index < -0.39 is 0 Å². The number of carbonyl (C=O) groups is 1. The molecule has 0 spiro atoms. The molecule has 72 heavy (non-hydrogen) atoms. The molecule has 358 valence electrons. The van der Waals surface area contributed by atoms with E-state index in [1.165, 1.54) is 22.3 Å². The number of fused-ring (bicyclic) bond motifs is 10. The summed E-state index contributed by atoms with van der Waals surface area (Å²) in [5.74, 6) is -0.0783. The lowest BCUT2D eigenvalue weighted by molar-refractivity contribution is 0.104. The summed E-state index contributed by atoms with van der Waals surface area (Å²) >= 11 is 0. The average Bonchev–Trinajstić information content (AvgIpc) is 4.17. The van der Waals surface area contributed by atoms with Gasteiger partial charge < -0.3 is 9.97 Å². The Morgan fingerprint density at radius 2 is 0.764 bits per heavy atom. The van der Waals surface area contributed by atoms with Crippen LogP contribution in [0.1, 0.15) is 144 Å². The maximum atomic E-state index is 16.2. The van der Waals surface area contributed by atoms with Crippen LogP contribution >= 0.6 is 0 Å². The van der Waals surface area contributed by atoms with Gasteiger partial charge in [-0.15, -0.1) is 0 Å². The maximum absolute atomic E-state index is 16.2. The first-order valence-corrected chi connectivity index (χ1v) is 25.4. The number of aromatic amines is 2. The summed E-state index contributed by atoms with van der Waals surface area (Å²) in [6.45, 7) is 26.9. The van der Waals surface area contributed by atoms with Crippen molar-refractivity contribution in [3.8, 4) is 44.5 Å². The molecule has 2 N–H and O–H groups in total. The van der Waals surface area contributed by atoms with Crippen LogP contribution in [0.15, 0.2) is 133 Å². The van der Waals surface area contributed by atoms with Crippen molar-refractivity contribution in [3.05, 3.63) is 190 Å². The molecule has 0 saturated heterocycles. The monoisotopic (exact) mass is 941 g/mol. The predicted octanol–water partition coefficient (Wildman–Crippen LogP) is 17.8. The Hall–Kier alpha value is -7.63. The lowest BCUT2D eigenvalue weighted by Crippen LogP contribution is -2.11. The normalized spacial score (nSPS) is 13.5. The molecular formula is C67H64N4O. The summed E-state index contributed by atoms with van der Waals surface area (Å²) in [6, 6.07) is 48.1. The molecule has 11 rings (SSSR count). The smallest absolute Gasteiger partial charge is 0.212 e. The molecule has 0 radical (unpaired) electrons. The third-order valence-corrected chi connectivity index (χ3v) is 14.8. The zero-order valence-electron chi connectivity index (χ0n) is 43.8. The number of hydrogen-bond acceptors (Lipinski definition) is 3. The summed E-state index contributed by atoms with van der Waals surface area (Å²) in [7, 11) is 0. The SMILES string of the molecule is CC(C)(C)c1ccc(-c2c3nc(c(-c4ccc(C(C)(C)C)cc4)c4ccc([nH]4)c(-c4ccc(C(C)(C)C)cc4)c4nc(c5c6[nH]c2C(=O)c6c(-c2ccccc2)c2cc(C(C)(C)C)ccc25)C=C4)C=C3)cc1. The molecule has 5 heteroatoms. The van der Waals surface area contributed by atoms with Crippen LogP contribution in [0.25, 0.3) is 102 Å². The van der Waals surface area contributed by atoms with Gasteiger partial charge in [-0.05, 0) is 119 Å². The fraction of sp³-hybridized carbons (Fsp3) is 0.239. The lowest BCUT2D eigenvalue weighted by Gasteiger charge is -2.21. The van der Waals surface area contributed by atoms with E-state index in [4.69, 9.17) is 9.97 Å². The van der Waals surface area contributed by atoms with Gasteiger partial charge in [0.1, 0.15) is 0 Å². The number of hydrogen-bond donors (Lipinski definition) is 2. The molecule has 6 aromatic carbocycles. The molecule has 0 unspecified atom stereocenters. The van der Waals surface area contributed by atoms with Crippen molar-refractivity contribution in [2.24, 2.45) is 0 Å². The molecule has 8 bridgehead atoms. The fourth-order valence-corrected chi connectivity index (χ4v) is 10.6. The van der Waals surface area contributed by atoms with Crippen molar-refractivity contribution in [2.75, 3.05) is 0 Å². The van der Waals surface area contributed by atoms with Gasteiger partial charge in [-0.3, -0.25) is 4.79 Å². The van der Waals surface area contributed by atoms with Crippen molar-refractivity contribution < 1.29 is 4.79 Å². The molecular weight excluding hydrogens is 877 g/mol. The molecule has 0 fully saturated rings. The van der Waals surface area contributed by atoms with Crippen LogP contribution in [0.4, 0.5) is 0 Å². The summed E-state index contributed by atoms with van der Waals surface area (Å²) in [6.07, 6.45) is 8.47. The third kappa shape index (κ3) is 8.09. The van der Waals surface area contributed by atoms with Gasteiger partial charge in [-0.25, -0.2) is 9.97 Å². The molecule has 0 aliphatic carbocycles. The molecule has 3 aliphatic heterocycles. The van der Waals surface area contributed by atoms with E-state index in [0.29, 0.717) is 17.0 Å². The van der Waals surface area contributed by atoms with Crippen molar-refractivity contribution in [1.82, 2.24) is 19.9 Å². The van der Waals surface area contributed by atoms with Crippen LogP contribution in [0.5, 0.6) is 0 Å². The number of rotatable bonds is 4. The van der Waals surface area contributed by atoms with Gasteiger partial charge in [0.15, 0.2) is 0 Å². The highest BCUT2D eigenvalue weighted by molar-refractivity contribution is 6.31. The fourth-order valence-electron chi connectivity index (χ4n) is 10.6. The van der Waals surface area contributed by atoms with Crippen LogP contribution in [0.3, 0.4) is 0 Å². The summed E-state index contributed by atoms with van der Waals surface area (Å²) in [5, 5.41) is 2.93. The topological polar surface area (TPSA) is 74.4 Å². The highest BCUT2D eigenvalue weighted by Crippen LogP contribution is 2.46. The number of nitrogens with zero attached hydrogens (tertiary/aromatic N) is 2. The number of H-pyrrole nitrogens is 2. The van der Waals surface area contributed by atoms with E-state index in [9.17, 15) is 0 Å². The van der Waals surface area contributed by atoms with E-state index in [-0.39, 0.29) is 27.4 Å². The Morgan fingerprint density at radius 3 is 1.24 bits per heavy atom. The maximum Gasteiger partial charge on any atom is 0.212 e.